The van der Waals surface area contributed by atoms with Crippen LogP contribution in [0.3, 0.4) is 0 Å². The van der Waals surface area contributed by atoms with Crippen molar-refractivity contribution in [2.24, 2.45) is 16.9 Å². The number of rotatable bonds is 22. The van der Waals surface area contributed by atoms with Gasteiger partial charge in [-0.2, -0.15) is 0 Å². The first-order valence-electron chi connectivity index (χ1n) is 22.1. The Labute approximate surface area is 392 Å². The first-order valence-corrected chi connectivity index (χ1v) is 22.1. The van der Waals surface area contributed by atoms with Crippen molar-refractivity contribution in [2.45, 2.75) is 136 Å². The van der Waals surface area contributed by atoms with Crippen LogP contribution in [0.4, 0.5) is 8.78 Å². The average Bonchev–Trinajstić information content (AvgIpc) is 3.61. The van der Waals surface area contributed by atoms with Crippen LogP contribution in [-0.2, 0) is 44.8 Å². The Morgan fingerprint density at radius 1 is 0.761 bits per heavy atom. The van der Waals surface area contributed by atoms with Crippen LogP contribution in [0.2, 0.25) is 0 Å². The Hall–Kier alpha value is -5.76. The number of aliphatic hydroxyl groups excluding tert-OH is 2. The quantitative estimate of drug-likeness (QED) is 0.0672. The molecule has 0 saturated heterocycles. The largest absolute Gasteiger partial charge is 0.460 e. The van der Waals surface area contributed by atoms with E-state index < -0.39 is 94.4 Å². The molecule has 0 aliphatic carbocycles. The van der Waals surface area contributed by atoms with Crippen molar-refractivity contribution in [2.75, 3.05) is 26.3 Å². The highest BCUT2D eigenvalue weighted by Gasteiger charge is 2.32. The van der Waals surface area contributed by atoms with Crippen molar-refractivity contribution >= 4 is 35.6 Å². The van der Waals surface area contributed by atoms with Gasteiger partial charge >= 0.3 is 11.9 Å². The van der Waals surface area contributed by atoms with Gasteiger partial charge in [-0.05, 0) is 96.2 Å². The van der Waals surface area contributed by atoms with Crippen LogP contribution in [0.25, 0.3) is 11.1 Å². The van der Waals surface area contributed by atoms with Crippen molar-refractivity contribution in [1.29, 1.82) is 0 Å². The van der Waals surface area contributed by atoms with Crippen molar-refractivity contribution in [3.63, 3.8) is 0 Å². The van der Waals surface area contributed by atoms with Gasteiger partial charge in [0.05, 0.1) is 31.7 Å². The van der Waals surface area contributed by atoms with Crippen LogP contribution in [0, 0.1) is 17.0 Å². The van der Waals surface area contributed by atoms with Crippen LogP contribution in [0.15, 0.2) is 60.8 Å². The minimum atomic E-state index is -1.34. The molecule has 0 aliphatic rings. The molecule has 1 aromatic heterocycles. The fraction of sp³-hybridized carbons (Fsp3) is 0.542. The summed E-state index contributed by atoms with van der Waals surface area (Å²) >= 11 is 0. The monoisotopic (exact) mass is 944 g/mol. The Morgan fingerprint density at radius 3 is 1.96 bits per heavy atom. The number of esters is 2. The molecule has 3 aromatic rings. The van der Waals surface area contributed by atoms with Crippen LogP contribution in [0.1, 0.15) is 112 Å². The number of nitrogens with two attached hydrogens (primary N) is 2. The number of aromatic nitrogens is 1. The Balaban J connectivity index is 0.00000369. The number of amides is 4. The zero-order valence-corrected chi connectivity index (χ0v) is 40.2. The lowest BCUT2D eigenvalue weighted by molar-refractivity contribution is -0.160. The van der Waals surface area contributed by atoms with Gasteiger partial charge < -0.3 is 57.0 Å². The molecule has 0 unspecified atom stereocenters. The number of nitrogens with one attached hydrogen (secondary N) is 4. The third kappa shape index (κ3) is 21.6. The molecule has 0 fully saturated rings. The van der Waals surface area contributed by atoms with E-state index in [2.05, 4.69) is 21.3 Å². The van der Waals surface area contributed by atoms with E-state index in [4.69, 9.17) is 31.2 Å². The van der Waals surface area contributed by atoms with E-state index >= 15 is 4.39 Å². The van der Waals surface area contributed by atoms with Gasteiger partial charge in [0, 0.05) is 48.9 Å². The second-order valence-electron chi connectivity index (χ2n) is 19.0. The SMILES string of the molecule is CC(C)(C)OC(=O)CC[C@@H](NC(=O)CCNC(=O)[C@H](CCN[C@@H](c1cc(-c2cc(F)ccc2F)cn1Cc1ccccc1)C(C)(C)C)NC(=O)[C@H](N)CC(N)=O)C(=O)OC(C)(C)C.OCCO. The number of ether oxygens (including phenoxy) is 2. The van der Waals surface area contributed by atoms with E-state index in [0.717, 1.165) is 29.5 Å². The first-order chi connectivity index (χ1) is 31.1. The minimum absolute atomic E-state index is 0.00972. The number of primary amides is 1. The lowest BCUT2D eigenvalue weighted by Crippen LogP contribution is -2.53. The Kier molecular flexibility index (Phi) is 22.7. The zero-order chi connectivity index (χ0) is 50.7. The van der Waals surface area contributed by atoms with Gasteiger partial charge in [0.25, 0.3) is 0 Å². The van der Waals surface area contributed by atoms with E-state index in [9.17, 15) is 33.2 Å². The molecular weight excluding hydrogens is 873 g/mol. The highest BCUT2D eigenvalue weighted by molar-refractivity contribution is 5.92. The molecule has 17 nitrogen and oxygen atoms in total. The maximum atomic E-state index is 15.1. The van der Waals surface area contributed by atoms with Gasteiger partial charge in [0.1, 0.15) is 34.9 Å². The van der Waals surface area contributed by atoms with Crippen molar-refractivity contribution in [3.8, 4) is 11.1 Å². The number of carbonyl (C=O) groups is 6. The molecule has 0 bridgehead atoms. The van der Waals surface area contributed by atoms with Gasteiger partial charge in [0.2, 0.25) is 23.6 Å². The normalized spacial score (nSPS) is 13.5. The molecule has 0 spiro atoms. The number of aliphatic hydroxyl groups is 2. The second kappa shape index (κ2) is 26.5. The molecule has 2 aromatic carbocycles. The van der Waals surface area contributed by atoms with E-state index in [-0.39, 0.29) is 57.6 Å². The topological polar surface area (TPSA) is 266 Å². The third-order valence-corrected chi connectivity index (χ3v) is 9.53. The molecule has 10 N–H and O–H groups in total. The van der Waals surface area contributed by atoms with E-state index in [0.29, 0.717) is 12.1 Å². The molecule has 4 amide bonds. The van der Waals surface area contributed by atoms with Gasteiger partial charge in [-0.15, -0.1) is 0 Å². The highest BCUT2D eigenvalue weighted by atomic mass is 19.1. The summed E-state index contributed by atoms with van der Waals surface area (Å²) in [5, 5.41) is 26.6. The zero-order valence-electron chi connectivity index (χ0n) is 40.2. The first kappa shape index (κ1) is 57.4. The molecule has 4 atom stereocenters. The smallest absolute Gasteiger partial charge is 0.329 e. The Morgan fingerprint density at radius 2 is 1.39 bits per heavy atom. The van der Waals surface area contributed by atoms with E-state index in [1.165, 1.54) is 0 Å². The molecule has 372 valence electrons. The molecule has 0 saturated carbocycles. The standard InChI is InChI=1S/C46H65F2N7O8.C2H6O2/c1-44(2,3)40(36-23-29(31-24-30(47)15-16-32(31)48)27-55(36)26-28-13-11-10-12-14-28)51-21-19-34(54-41(59)33(49)25-37(50)56)42(60)52-22-20-38(57)53-35(43(61)63-46(7,8)9)17-18-39(58)62-45(4,5)6;3-1-2-4/h10-16,23-24,27,33-35,40,51H,17-22,25-26,49H2,1-9H3,(H2,50,56)(H,52,60)(H,53,57)(H,54,59);3-4H,1-2H2/t33-,34+,35-,40+;/m1./s1. The minimum Gasteiger partial charge on any atom is -0.460 e. The van der Waals surface area contributed by atoms with E-state index in [1.807, 2.05) is 55.7 Å². The summed E-state index contributed by atoms with van der Waals surface area (Å²) in [4.78, 5) is 76.8. The molecule has 0 radical (unpaired) electrons. The number of hydrogen-bond acceptors (Lipinski definition) is 12. The van der Waals surface area contributed by atoms with E-state index in [1.54, 1.807) is 53.8 Å². The maximum absolute atomic E-state index is 15.1. The number of carbonyl (C=O) groups excluding carboxylic acids is 6. The van der Waals surface area contributed by atoms with Crippen molar-refractivity contribution in [1.82, 2.24) is 25.8 Å². The maximum Gasteiger partial charge on any atom is 0.329 e. The number of nitrogens with zero attached hydrogens (tertiary/aromatic N) is 1. The summed E-state index contributed by atoms with van der Waals surface area (Å²) < 4.78 is 42.2. The Bertz CT molecular complexity index is 2090. The molecule has 3 rings (SSSR count). The molecule has 1 heterocycles. The van der Waals surface area contributed by atoms with Crippen LogP contribution in [0.5, 0.6) is 0 Å². The number of hydrogen-bond donors (Lipinski definition) is 8. The van der Waals surface area contributed by atoms with Gasteiger partial charge in [-0.1, -0.05) is 51.1 Å². The second-order valence-corrected chi connectivity index (χ2v) is 19.0. The van der Waals surface area contributed by atoms with Gasteiger partial charge in [0.15, 0.2) is 0 Å². The molecular formula is C48H71F2N7O10. The summed E-state index contributed by atoms with van der Waals surface area (Å²) in [6.07, 6.45) is 0.762. The summed E-state index contributed by atoms with van der Waals surface area (Å²) in [5.41, 5.74) is 11.4. The average molecular weight is 944 g/mol. The van der Waals surface area contributed by atoms with Gasteiger partial charge in [-0.3, -0.25) is 24.0 Å². The lowest BCUT2D eigenvalue weighted by atomic mass is 9.84. The van der Waals surface area contributed by atoms with Gasteiger partial charge in [-0.25, -0.2) is 13.6 Å². The summed E-state index contributed by atoms with van der Waals surface area (Å²) in [7, 11) is 0. The summed E-state index contributed by atoms with van der Waals surface area (Å²) in [6, 6.07) is 10.5. The fourth-order valence-electron chi connectivity index (χ4n) is 6.60. The third-order valence-electron chi connectivity index (χ3n) is 9.53. The van der Waals surface area contributed by atoms with Crippen molar-refractivity contribution in [3.05, 3.63) is 83.7 Å². The van der Waals surface area contributed by atoms with Crippen LogP contribution in [-0.4, -0.2) is 106 Å². The predicted molar refractivity (Wildman–Crippen MR) is 249 cm³/mol. The summed E-state index contributed by atoms with van der Waals surface area (Å²) in [5.74, 6) is -5.38. The predicted octanol–water partition coefficient (Wildman–Crippen LogP) is 3.66. The number of benzene rings is 2. The summed E-state index contributed by atoms with van der Waals surface area (Å²) in [6.45, 7) is 16.2. The van der Waals surface area contributed by atoms with Crippen LogP contribution >= 0.6 is 0 Å². The van der Waals surface area contributed by atoms with Crippen molar-refractivity contribution < 1.29 is 57.2 Å². The van der Waals surface area contributed by atoms with Crippen LogP contribution < -0.4 is 32.7 Å². The highest BCUT2D eigenvalue weighted by Crippen LogP contribution is 2.37. The fourth-order valence-corrected chi connectivity index (χ4v) is 6.60. The molecule has 67 heavy (non-hydrogen) atoms. The number of halogens is 2. The molecule has 0 aliphatic heterocycles. The molecule has 19 heteroatoms. The lowest BCUT2D eigenvalue weighted by Gasteiger charge is -2.33.